The molecule has 3 aromatic rings. The molecule has 34 heavy (non-hydrogen) atoms. The summed E-state index contributed by atoms with van der Waals surface area (Å²) in [5.74, 6) is 1.04. The van der Waals surface area contributed by atoms with E-state index in [2.05, 4.69) is 10.4 Å². The first-order chi connectivity index (χ1) is 16.5. The fourth-order valence-electron chi connectivity index (χ4n) is 4.15. The molecule has 2 aliphatic heterocycles. The van der Waals surface area contributed by atoms with E-state index in [1.165, 1.54) is 10.4 Å². The van der Waals surface area contributed by atoms with Crippen molar-refractivity contribution in [3.05, 3.63) is 60.8 Å². The highest BCUT2D eigenvalue weighted by molar-refractivity contribution is 7.89. The number of aromatic nitrogens is 2. The van der Waals surface area contributed by atoms with Gasteiger partial charge in [-0.2, -0.15) is 9.40 Å². The van der Waals surface area contributed by atoms with Crippen LogP contribution in [0.3, 0.4) is 0 Å². The molecule has 0 spiro atoms. The number of carbonyl (C=O) groups excluding carboxylic acids is 1. The first-order valence-electron chi connectivity index (χ1n) is 11.3. The lowest BCUT2D eigenvalue weighted by atomic mass is 9.97. The number of benzene rings is 2. The number of hydrogen-bond donors (Lipinski definition) is 1. The van der Waals surface area contributed by atoms with Crippen molar-refractivity contribution in [1.29, 1.82) is 0 Å². The summed E-state index contributed by atoms with van der Waals surface area (Å²) < 4.78 is 40.7. The number of piperidine rings is 1. The van der Waals surface area contributed by atoms with Crippen LogP contribution < -0.4 is 14.8 Å². The predicted molar refractivity (Wildman–Crippen MR) is 126 cm³/mol. The van der Waals surface area contributed by atoms with E-state index in [1.54, 1.807) is 29.1 Å². The molecule has 0 radical (unpaired) electrons. The SMILES string of the molecule is O=C(Nc1ccn(-c2ccccc2)n1)C1CCN(S(=O)(=O)c2ccc3c(c2)OCCCO3)CC1. The normalized spacial score (nSPS) is 17.2. The van der Waals surface area contributed by atoms with Gasteiger partial charge in [-0.25, -0.2) is 13.1 Å². The van der Waals surface area contributed by atoms with Crippen LogP contribution in [0.5, 0.6) is 11.5 Å². The van der Waals surface area contributed by atoms with Crippen molar-refractivity contribution in [3.63, 3.8) is 0 Å². The lowest BCUT2D eigenvalue weighted by Gasteiger charge is -2.30. The number of anilines is 1. The standard InChI is InChI=1S/C24H26N4O5S/c29-24(25-23-11-14-28(26-23)19-5-2-1-3-6-19)18-9-12-27(13-10-18)34(30,31)20-7-8-21-22(17-20)33-16-4-15-32-21/h1-3,5-8,11,14,17-18H,4,9-10,12-13,15-16H2,(H,25,26,29). The molecule has 1 amide bonds. The van der Waals surface area contributed by atoms with Crippen molar-refractivity contribution in [2.24, 2.45) is 5.92 Å². The van der Waals surface area contributed by atoms with Gasteiger partial charge < -0.3 is 14.8 Å². The molecule has 2 aromatic carbocycles. The Kier molecular flexibility index (Phi) is 6.25. The monoisotopic (exact) mass is 482 g/mol. The average Bonchev–Trinajstić information content (AvgIpc) is 3.20. The topological polar surface area (TPSA) is 103 Å². The fraction of sp³-hybridized carbons (Fsp3) is 0.333. The van der Waals surface area contributed by atoms with E-state index in [1.807, 2.05) is 30.3 Å². The van der Waals surface area contributed by atoms with Gasteiger partial charge in [-0.15, -0.1) is 0 Å². The van der Waals surface area contributed by atoms with E-state index in [9.17, 15) is 13.2 Å². The summed E-state index contributed by atoms with van der Waals surface area (Å²) in [6.07, 6.45) is 3.41. The summed E-state index contributed by atoms with van der Waals surface area (Å²) in [5, 5.41) is 7.27. The zero-order chi connectivity index (χ0) is 23.5. The molecule has 2 aliphatic rings. The first-order valence-corrected chi connectivity index (χ1v) is 12.8. The van der Waals surface area contributed by atoms with E-state index in [0.717, 1.165) is 12.1 Å². The molecule has 0 bridgehead atoms. The van der Waals surface area contributed by atoms with Crippen LogP contribution in [0.15, 0.2) is 65.7 Å². The smallest absolute Gasteiger partial charge is 0.243 e. The molecule has 5 rings (SSSR count). The molecule has 9 nitrogen and oxygen atoms in total. The zero-order valence-electron chi connectivity index (χ0n) is 18.6. The molecule has 0 unspecified atom stereocenters. The van der Waals surface area contributed by atoms with Crippen molar-refractivity contribution in [3.8, 4) is 17.2 Å². The average molecular weight is 483 g/mol. The van der Waals surface area contributed by atoms with Gasteiger partial charge in [0, 0.05) is 43.8 Å². The fourth-order valence-corrected chi connectivity index (χ4v) is 5.64. The minimum absolute atomic E-state index is 0.147. The molecular formula is C24H26N4O5S. The third-order valence-electron chi connectivity index (χ3n) is 6.04. The number of ether oxygens (including phenoxy) is 2. The second-order valence-corrected chi connectivity index (χ2v) is 10.2. The maximum atomic E-state index is 13.2. The maximum Gasteiger partial charge on any atom is 0.243 e. The summed E-state index contributed by atoms with van der Waals surface area (Å²) in [4.78, 5) is 12.9. The van der Waals surface area contributed by atoms with Crippen LogP contribution in [-0.4, -0.2) is 54.7 Å². The predicted octanol–water partition coefficient (Wildman–Crippen LogP) is 3.07. The van der Waals surface area contributed by atoms with Crippen molar-refractivity contribution in [2.45, 2.75) is 24.2 Å². The van der Waals surface area contributed by atoms with Crippen molar-refractivity contribution in [2.75, 3.05) is 31.6 Å². The second kappa shape index (κ2) is 9.47. The van der Waals surface area contributed by atoms with Gasteiger partial charge in [0.1, 0.15) is 0 Å². The van der Waals surface area contributed by atoms with Crippen molar-refractivity contribution < 1.29 is 22.7 Å². The van der Waals surface area contributed by atoms with Crippen LogP contribution in [0.4, 0.5) is 5.82 Å². The Bertz CT molecular complexity index is 1270. The molecule has 0 saturated carbocycles. The van der Waals surface area contributed by atoms with E-state index < -0.39 is 10.0 Å². The summed E-state index contributed by atoms with van der Waals surface area (Å²) in [7, 11) is -3.69. The third kappa shape index (κ3) is 4.64. The van der Waals surface area contributed by atoms with E-state index in [4.69, 9.17) is 9.47 Å². The maximum absolute atomic E-state index is 13.2. The largest absolute Gasteiger partial charge is 0.490 e. The number of para-hydroxylation sites is 1. The van der Waals surface area contributed by atoms with Crippen LogP contribution in [-0.2, 0) is 14.8 Å². The number of amides is 1. The molecular weight excluding hydrogens is 456 g/mol. The van der Waals surface area contributed by atoms with Gasteiger partial charge in [-0.05, 0) is 37.1 Å². The highest BCUT2D eigenvalue weighted by Gasteiger charge is 2.33. The molecule has 1 fully saturated rings. The highest BCUT2D eigenvalue weighted by Crippen LogP contribution is 2.34. The van der Waals surface area contributed by atoms with Gasteiger partial charge in [-0.1, -0.05) is 18.2 Å². The van der Waals surface area contributed by atoms with Crippen LogP contribution in [0.1, 0.15) is 19.3 Å². The first kappa shape index (κ1) is 22.4. The summed E-state index contributed by atoms with van der Waals surface area (Å²) in [6.45, 7) is 1.57. The van der Waals surface area contributed by atoms with Gasteiger partial charge >= 0.3 is 0 Å². The molecule has 3 heterocycles. The minimum atomic E-state index is -3.69. The number of nitrogens with one attached hydrogen (secondary N) is 1. The van der Waals surface area contributed by atoms with Crippen molar-refractivity contribution >= 4 is 21.7 Å². The zero-order valence-corrected chi connectivity index (χ0v) is 19.4. The lowest BCUT2D eigenvalue weighted by molar-refractivity contribution is -0.120. The molecule has 0 aliphatic carbocycles. The Morgan fingerprint density at radius 3 is 2.47 bits per heavy atom. The molecule has 0 atom stereocenters. The molecule has 178 valence electrons. The van der Waals surface area contributed by atoms with Gasteiger partial charge in [0.15, 0.2) is 17.3 Å². The Labute approximate surface area is 198 Å². The molecule has 10 heteroatoms. The number of hydrogen-bond acceptors (Lipinski definition) is 6. The summed E-state index contributed by atoms with van der Waals surface area (Å²) in [6, 6.07) is 16.1. The van der Waals surface area contributed by atoms with E-state index >= 15 is 0 Å². The highest BCUT2D eigenvalue weighted by atomic mass is 32.2. The van der Waals surface area contributed by atoms with E-state index in [0.29, 0.717) is 43.4 Å². The van der Waals surface area contributed by atoms with Crippen LogP contribution in [0.2, 0.25) is 0 Å². The van der Waals surface area contributed by atoms with Crippen LogP contribution >= 0.6 is 0 Å². The van der Waals surface area contributed by atoms with Gasteiger partial charge in [0.05, 0.1) is 23.8 Å². The van der Waals surface area contributed by atoms with Crippen LogP contribution in [0.25, 0.3) is 5.69 Å². The number of rotatable bonds is 5. The van der Waals surface area contributed by atoms with Gasteiger partial charge in [0.25, 0.3) is 0 Å². The second-order valence-electron chi connectivity index (χ2n) is 8.31. The molecule has 1 saturated heterocycles. The quantitative estimate of drug-likeness (QED) is 0.600. The summed E-state index contributed by atoms with van der Waals surface area (Å²) >= 11 is 0. The third-order valence-corrected chi connectivity index (χ3v) is 7.94. The lowest BCUT2D eigenvalue weighted by Crippen LogP contribution is -2.41. The Balaban J connectivity index is 1.20. The van der Waals surface area contributed by atoms with Gasteiger partial charge in [-0.3, -0.25) is 4.79 Å². The number of nitrogens with zero attached hydrogens (tertiary/aromatic N) is 3. The number of carbonyl (C=O) groups is 1. The Hall–Kier alpha value is -3.37. The summed E-state index contributed by atoms with van der Waals surface area (Å²) in [5.41, 5.74) is 0.899. The number of sulfonamides is 1. The minimum Gasteiger partial charge on any atom is -0.490 e. The number of fused-ring (bicyclic) bond motifs is 1. The Morgan fingerprint density at radius 1 is 0.971 bits per heavy atom. The molecule has 1 N–H and O–H groups in total. The van der Waals surface area contributed by atoms with Gasteiger partial charge in [0.2, 0.25) is 15.9 Å². The molecule has 1 aromatic heterocycles. The van der Waals surface area contributed by atoms with Crippen molar-refractivity contribution in [1.82, 2.24) is 14.1 Å². The van der Waals surface area contributed by atoms with Crippen LogP contribution in [0, 0.1) is 5.92 Å². The Morgan fingerprint density at radius 2 is 1.71 bits per heavy atom. The van der Waals surface area contributed by atoms with E-state index in [-0.39, 0.29) is 29.8 Å².